The molecule has 0 aliphatic carbocycles. The molecule has 0 radical (unpaired) electrons. The van der Waals surface area contributed by atoms with Crippen molar-refractivity contribution in [2.24, 2.45) is 0 Å². The van der Waals surface area contributed by atoms with Crippen LogP contribution in [0.5, 0.6) is 0 Å². The normalized spacial score (nSPS) is 12.6. The van der Waals surface area contributed by atoms with E-state index in [0.29, 0.717) is 13.2 Å². The van der Waals surface area contributed by atoms with Crippen molar-refractivity contribution in [3.8, 4) is 0 Å². The third-order valence-corrected chi connectivity index (χ3v) is 3.59. The fraction of sp³-hybridized carbons (Fsp3) is 0.600. The van der Waals surface area contributed by atoms with Gasteiger partial charge >= 0.3 is 7.60 Å². The highest BCUT2D eigenvalue weighted by Gasteiger charge is 2.30. The minimum Gasteiger partial charge on any atom is -0.482 e. The molecule has 0 aromatic rings. The second-order valence-corrected chi connectivity index (χ2v) is 4.51. The van der Waals surface area contributed by atoms with Crippen LogP contribution in [-0.4, -0.2) is 19.8 Å². The number of hydrogen-bond acceptors (Lipinski definition) is 4. The summed E-state index contributed by atoms with van der Waals surface area (Å²) in [5.74, 6) is 0. The van der Waals surface area contributed by atoms with Gasteiger partial charge in [-0.1, -0.05) is 12.7 Å². The van der Waals surface area contributed by atoms with Gasteiger partial charge in [-0.05, 0) is 26.8 Å². The maximum Gasteiger partial charge on any atom is 0.395 e. The molecule has 0 rings (SSSR count). The van der Waals surface area contributed by atoms with Crippen molar-refractivity contribution in [2.75, 3.05) is 19.8 Å². The van der Waals surface area contributed by atoms with Crippen LogP contribution in [0, 0.1) is 0 Å². The fourth-order valence-corrected chi connectivity index (χ4v) is 2.53. The van der Waals surface area contributed by atoms with E-state index in [1.165, 1.54) is 0 Å². The molecule has 0 saturated heterocycles. The first kappa shape index (κ1) is 14.4. The molecule has 0 amide bonds. The Morgan fingerprint density at radius 3 is 2.20 bits per heavy atom. The number of ether oxygens (including phenoxy) is 1. The summed E-state index contributed by atoms with van der Waals surface area (Å²) in [4.78, 5) is 0. The summed E-state index contributed by atoms with van der Waals surface area (Å²) in [6, 6.07) is 0. The van der Waals surface area contributed by atoms with Crippen molar-refractivity contribution in [3.05, 3.63) is 24.2 Å². The van der Waals surface area contributed by atoms with E-state index in [1.807, 2.05) is 0 Å². The van der Waals surface area contributed by atoms with Crippen molar-refractivity contribution < 1.29 is 18.3 Å². The van der Waals surface area contributed by atoms with E-state index in [0.717, 1.165) is 0 Å². The van der Waals surface area contributed by atoms with E-state index in [1.54, 1.807) is 32.9 Å². The lowest BCUT2D eigenvalue weighted by atomic mass is 10.7. The summed E-state index contributed by atoms with van der Waals surface area (Å²) in [6.45, 7) is 9.66. The zero-order chi connectivity index (χ0) is 11.7. The van der Waals surface area contributed by atoms with Gasteiger partial charge in [0.25, 0.3) is 0 Å². The first-order chi connectivity index (χ1) is 7.14. The highest BCUT2D eigenvalue weighted by Crippen LogP contribution is 2.56. The Morgan fingerprint density at radius 2 is 1.87 bits per heavy atom. The second-order valence-electron chi connectivity index (χ2n) is 2.56. The minimum atomic E-state index is -3.27. The number of allylic oxidation sites excluding steroid dienone is 1. The summed E-state index contributed by atoms with van der Waals surface area (Å²) < 4.78 is 27.7. The highest BCUT2D eigenvalue weighted by molar-refractivity contribution is 7.58. The molecule has 0 N–H and O–H groups in total. The lowest BCUT2D eigenvalue weighted by Gasteiger charge is -2.19. The Balaban J connectivity index is 4.69. The molecule has 0 unspecified atom stereocenters. The molecule has 88 valence electrons. The standard InChI is InChI=1S/C10H19O4P/c1-5-9-12-10(6-2)15(11,13-7-3)14-8-4/h5-6H,1,7-9H2,2-4H3. The molecule has 0 saturated carbocycles. The van der Waals surface area contributed by atoms with Crippen molar-refractivity contribution in [2.45, 2.75) is 20.8 Å². The first-order valence-electron chi connectivity index (χ1n) is 4.94. The van der Waals surface area contributed by atoms with Crippen molar-refractivity contribution in [3.63, 3.8) is 0 Å². The van der Waals surface area contributed by atoms with Crippen LogP contribution in [0.15, 0.2) is 24.2 Å². The van der Waals surface area contributed by atoms with Crippen molar-refractivity contribution >= 4 is 7.60 Å². The van der Waals surface area contributed by atoms with E-state index < -0.39 is 7.60 Å². The monoisotopic (exact) mass is 234 g/mol. The van der Waals surface area contributed by atoms with Gasteiger partial charge in [0, 0.05) is 0 Å². The summed E-state index contributed by atoms with van der Waals surface area (Å²) in [6.07, 6.45) is 3.17. The molecule has 0 aliphatic heterocycles. The molecule has 0 aliphatic rings. The SMILES string of the molecule is C=CCOC(=CC)P(=O)(OCC)OCC. The zero-order valence-corrected chi connectivity index (χ0v) is 10.5. The smallest absolute Gasteiger partial charge is 0.395 e. The predicted molar refractivity (Wildman–Crippen MR) is 60.8 cm³/mol. The molecule has 0 atom stereocenters. The Bertz CT molecular complexity index is 250. The zero-order valence-electron chi connectivity index (χ0n) is 9.56. The molecule has 5 heteroatoms. The molecular weight excluding hydrogens is 215 g/mol. The Labute approximate surface area is 91.4 Å². The molecule has 0 heterocycles. The van der Waals surface area contributed by atoms with Crippen LogP contribution in [0.1, 0.15) is 20.8 Å². The highest BCUT2D eigenvalue weighted by atomic mass is 31.2. The minimum absolute atomic E-state index is 0.242. The van der Waals surface area contributed by atoms with Crippen LogP contribution in [0.2, 0.25) is 0 Å². The van der Waals surface area contributed by atoms with Gasteiger partial charge in [-0.15, -0.1) is 0 Å². The van der Waals surface area contributed by atoms with Crippen LogP contribution in [0.25, 0.3) is 0 Å². The largest absolute Gasteiger partial charge is 0.482 e. The van der Waals surface area contributed by atoms with Crippen LogP contribution in [0.3, 0.4) is 0 Å². The van der Waals surface area contributed by atoms with Crippen molar-refractivity contribution in [1.29, 1.82) is 0 Å². The van der Waals surface area contributed by atoms with Gasteiger partial charge in [0.05, 0.1) is 13.2 Å². The van der Waals surface area contributed by atoms with E-state index >= 15 is 0 Å². The van der Waals surface area contributed by atoms with E-state index in [9.17, 15) is 4.57 Å². The molecular formula is C10H19O4P. The molecule has 0 spiro atoms. The van der Waals surface area contributed by atoms with Crippen LogP contribution < -0.4 is 0 Å². The van der Waals surface area contributed by atoms with E-state index in [2.05, 4.69) is 6.58 Å². The number of rotatable bonds is 8. The van der Waals surface area contributed by atoms with Gasteiger partial charge in [0.15, 0.2) is 0 Å². The Kier molecular flexibility index (Phi) is 7.39. The molecule has 0 fully saturated rings. The molecule has 4 nitrogen and oxygen atoms in total. The topological polar surface area (TPSA) is 44.8 Å². The van der Waals surface area contributed by atoms with Gasteiger partial charge in [-0.25, -0.2) is 0 Å². The molecule has 0 aromatic carbocycles. The molecule has 15 heavy (non-hydrogen) atoms. The Hall–Kier alpha value is -0.570. The van der Waals surface area contributed by atoms with Crippen molar-refractivity contribution in [1.82, 2.24) is 0 Å². The summed E-state index contributed by atoms with van der Waals surface area (Å²) in [5, 5.41) is 0. The molecule has 0 bridgehead atoms. The van der Waals surface area contributed by atoms with E-state index in [-0.39, 0.29) is 12.1 Å². The molecule has 0 aromatic heterocycles. The third-order valence-electron chi connectivity index (χ3n) is 1.46. The lowest BCUT2D eigenvalue weighted by molar-refractivity contribution is 0.189. The third kappa shape index (κ3) is 4.65. The van der Waals surface area contributed by atoms with Crippen LogP contribution in [0.4, 0.5) is 0 Å². The van der Waals surface area contributed by atoms with Crippen LogP contribution in [-0.2, 0) is 18.3 Å². The summed E-state index contributed by atoms with van der Waals surface area (Å²) in [5.41, 5.74) is 0.242. The van der Waals surface area contributed by atoms with Gasteiger partial charge in [-0.3, -0.25) is 4.57 Å². The first-order valence-corrected chi connectivity index (χ1v) is 6.48. The number of hydrogen-bond donors (Lipinski definition) is 0. The lowest BCUT2D eigenvalue weighted by Crippen LogP contribution is -2.02. The van der Waals surface area contributed by atoms with Gasteiger partial charge in [-0.2, -0.15) is 0 Å². The fourth-order valence-electron chi connectivity index (χ4n) is 0.969. The summed E-state index contributed by atoms with van der Waals surface area (Å²) >= 11 is 0. The van der Waals surface area contributed by atoms with Gasteiger partial charge in [0.2, 0.25) is 5.50 Å². The maximum atomic E-state index is 12.2. The van der Waals surface area contributed by atoms with Crippen LogP contribution >= 0.6 is 7.60 Å². The quantitative estimate of drug-likeness (QED) is 0.367. The average Bonchev–Trinajstić information content (AvgIpc) is 2.19. The summed E-state index contributed by atoms with van der Waals surface area (Å²) in [7, 11) is -3.27. The van der Waals surface area contributed by atoms with Gasteiger partial charge < -0.3 is 13.8 Å². The Morgan fingerprint density at radius 1 is 1.33 bits per heavy atom. The average molecular weight is 234 g/mol. The van der Waals surface area contributed by atoms with Gasteiger partial charge in [0.1, 0.15) is 6.61 Å². The predicted octanol–water partition coefficient (Wildman–Crippen LogP) is 3.32. The van der Waals surface area contributed by atoms with E-state index in [4.69, 9.17) is 13.8 Å². The second kappa shape index (κ2) is 7.69. The maximum absolute atomic E-state index is 12.2.